The van der Waals surface area contributed by atoms with Crippen LogP contribution < -0.4 is 11.1 Å². The second-order valence-electron chi connectivity index (χ2n) is 4.49. The lowest BCUT2D eigenvalue weighted by Gasteiger charge is -2.10. The van der Waals surface area contributed by atoms with E-state index >= 15 is 0 Å². The molecule has 1 heterocycles. The molecule has 4 nitrogen and oxygen atoms in total. The van der Waals surface area contributed by atoms with Gasteiger partial charge in [0.2, 0.25) is 5.91 Å². The number of hydrogen-bond acceptors (Lipinski definition) is 3. The fourth-order valence-electron chi connectivity index (χ4n) is 1.78. The summed E-state index contributed by atoms with van der Waals surface area (Å²) >= 11 is 0. The van der Waals surface area contributed by atoms with Gasteiger partial charge in [-0.25, -0.2) is 0 Å². The molecule has 3 atom stereocenters. The van der Waals surface area contributed by atoms with Gasteiger partial charge in [-0.05, 0) is 33.1 Å². The van der Waals surface area contributed by atoms with Crippen molar-refractivity contribution < 1.29 is 9.53 Å². The van der Waals surface area contributed by atoms with E-state index in [2.05, 4.69) is 5.32 Å². The molecule has 1 aliphatic heterocycles. The molecule has 0 spiro atoms. The van der Waals surface area contributed by atoms with E-state index in [1.165, 1.54) is 0 Å². The van der Waals surface area contributed by atoms with Crippen molar-refractivity contribution in [1.82, 2.24) is 5.32 Å². The van der Waals surface area contributed by atoms with Crippen molar-refractivity contribution in [1.29, 1.82) is 0 Å². The molecule has 0 bridgehead atoms. The van der Waals surface area contributed by atoms with Gasteiger partial charge in [0.25, 0.3) is 0 Å². The van der Waals surface area contributed by atoms with Crippen molar-refractivity contribution in [2.45, 2.75) is 45.3 Å². The molecule has 15 heavy (non-hydrogen) atoms. The maximum Gasteiger partial charge on any atom is 0.225 e. The Hall–Kier alpha value is -0.610. The monoisotopic (exact) mass is 214 g/mol. The number of rotatable bonds is 5. The summed E-state index contributed by atoms with van der Waals surface area (Å²) in [6, 6.07) is 0.219. The highest BCUT2D eigenvalue weighted by Gasteiger charge is 2.27. The smallest absolute Gasteiger partial charge is 0.225 e. The molecule has 0 aromatic rings. The number of nitrogens with one attached hydrogen (secondary N) is 1. The van der Waals surface area contributed by atoms with Crippen molar-refractivity contribution in [3.63, 3.8) is 0 Å². The third-order valence-electron chi connectivity index (χ3n) is 2.70. The Balaban J connectivity index is 2.08. The molecule has 1 fully saturated rings. The Labute approximate surface area is 91.5 Å². The molecule has 0 aromatic heterocycles. The molecule has 1 rings (SSSR count). The first-order valence-electron chi connectivity index (χ1n) is 5.74. The molecular weight excluding hydrogens is 192 g/mol. The highest BCUT2D eigenvalue weighted by atomic mass is 16.5. The Kier molecular flexibility index (Phi) is 5.05. The zero-order valence-corrected chi connectivity index (χ0v) is 9.66. The van der Waals surface area contributed by atoms with Crippen LogP contribution in [0.1, 0.15) is 33.1 Å². The van der Waals surface area contributed by atoms with Crippen LogP contribution in [0.4, 0.5) is 0 Å². The molecule has 0 radical (unpaired) electrons. The van der Waals surface area contributed by atoms with Gasteiger partial charge in [-0.15, -0.1) is 0 Å². The van der Waals surface area contributed by atoms with E-state index in [-0.39, 0.29) is 24.0 Å². The highest BCUT2D eigenvalue weighted by Crippen LogP contribution is 2.18. The van der Waals surface area contributed by atoms with Gasteiger partial charge >= 0.3 is 0 Å². The summed E-state index contributed by atoms with van der Waals surface area (Å²) in [7, 11) is 0. The van der Waals surface area contributed by atoms with Gasteiger partial charge in [0, 0.05) is 12.6 Å². The topological polar surface area (TPSA) is 64.3 Å². The Morgan fingerprint density at radius 2 is 2.40 bits per heavy atom. The van der Waals surface area contributed by atoms with Crippen molar-refractivity contribution in [3.05, 3.63) is 0 Å². The quantitative estimate of drug-likeness (QED) is 0.661. The Morgan fingerprint density at radius 1 is 1.67 bits per heavy atom. The predicted octanol–water partition coefficient (Wildman–Crippen LogP) is 0.655. The lowest BCUT2D eigenvalue weighted by Crippen LogP contribution is -2.32. The van der Waals surface area contributed by atoms with Crippen LogP contribution in [0.15, 0.2) is 0 Å². The van der Waals surface area contributed by atoms with Gasteiger partial charge in [-0.1, -0.05) is 0 Å². The maximum atomic E-state index is 11.6. The average molecular weight is 214 g/mol. The zero-order valence-electron chi connectivity index (χ0n) is 9.66. The molecule has 1 aliphatic rings. The van der Waals surface area contributed by atoms with Crippen LogP contribution in [-0.2, 0) is 9.53 Å². The number of amides is 1. The fraction of sp³-hybridized carbons (Fsp3) is 0.909. The Bertz CT molecular complexity index is 207. The normalized spacial score (nSPS) is 27.7. The van der Waals surface area contributed by atoms with Crippen LogP contribution in [0.2, 0.25) is 0 Å². The van der Waals surface area contributed by atoms with E-state index in [4.69, 9.17) is 10.5 Å². The molecule has 3 N–H and O–H groups in total. The van der Waals surface area contributed by atoms with Gasteiger partial charge in [0.15, 0.2) is 0 Å². The number of hydrogen-bond donors (Lipinski definition) is 2. The van der Waals surface area contributed by atoms with E-state index in [9.17, 15) is 4.79 Å². The largest absolute Gasteiger partial charge is 0.378 e. The number of ether oxygens (including phenoxy) is 1. The lowest BCUT2D eigenvalue weighted by molar-refractivity contribution is -0.124. The molecule has 0 aromatic carbocycles. The fourth-order valence-corrected chi connectivity index (χ4v) is 1.78. The van der Waals surface area contributed by atoms with Crippen molar-refractivity contribution >= 4 is 5.91 Å². The first-order valence-corrected chi connectivity index (χ1v) is 5.74. The molecule has 1 amide bonds. The first kappa shape index (κ1) is 12.5. The SMILES string of the molecule is CC(N)CCCNC(=O)C1COC(C)C1. The number of carbonyl (C=O) groups is 1. The third-order valence-corrected chi connectivity index (χ3v) is 2.70. The van der Waals surface area contributed by atoms with E-state index in [1.54, 1.807) is 0 Å². The van der Waals surface area contributed by atoms with Crippen molar-refractivity contribution in [3.8, 4) is 0 Å². The van der Waals surface area contributed by atoms with E-state index in [0.29, 0.717) is 6.61 Å². The number of nitrogens with two attached hydrogens (primary N) is 1. The minimum atomic E-state index is 0.0512. The van der Waals surface area contributed by atoms with Crippen molar-refractivity contribution in [2.24, 2.45) is 11.7 Å². The van der Waals surface area contributed by atoms with Gasteiger partial charge < -0.3 is 15.8 Å². The van der Waals surface area contributed by atoms with Gasteiger partial charge in [0.1, 0.15) is 0 Å². The molecular formula is C11H22N2O2. The van der Waals surface area contributed by atoms with Crippen LogP contribution in [0.5, 0.6) is 0 Å². The predicted molar refractivity (Wildman–Crippen MR) is 59.4 cm³/mol. The summed E-state index contributed by atoms with van der Waals surface area (Å²) in [6.45, 7) is 5.28. The van der Waals surface area contributed by atoms with Crippen LogP contribution in [0.3, 0.4) is 0 Å². The van der Waals surface area contributed by atoms with E-state index in [1.807, 2.05) is 13.8 Å². The molecule has 1 saturated heterocycles. The summed E-state index contributed by atoms with van der Waals surface area (Å²) < 4.78 is 5.35. The third kappa shape index (κ3) is 4.62. The minimum absolute atomic E-state index is 0.0512. The molecule has 4 heteroatoms. The highest BCUT2D eigenvalue weighted by molar-refractivity contribution is 5.79. The van der Waals surface area contributed by atoms with Crippen LogP contribution in [-0.4, -0.2) is 31.2 Å². The molecule has 0 aliphatic carbocycles. The zero-order chi connectivity index (χ0) is 11.3. The van der Waals surface area contributed by atoms with E-state index in [0.717, 1.165) is 25.8 Å². The maximum absolute atomic E-state index is 11.6. The van der Waals surface area contributed by atoms with Gasteiger partial charge in [-0.3, -0.25) is 4.79 Å². The van der Waals surface area contributed by atoms with Crippen LogP contribution in [0.25, 0.3) is 0 Å². The van der Waals surface area contributed by atoms with Crippen LogP contribution >= 0.6 is 0 Å². The first-order chi connectivity index (χ1) is 7.09. The van der Waals surface area contributed by atoms with Crippen LogP contribution in [0, 0.1) is 5.92 Å². The summed E-state index contributed by atoms with van der Waals surface area (Å²) in [5, 5.41) is 2.93. The van der Waals surface area contributed by atoms with Gasteiger partial charge in [0.05, 0.1) is 18.6 Å². The molecule has 3 unspecified atom stereocenters. The lowest BCUT2D eigenvalue weighted by atomic mass is 10.1. The standard InChI is InChI=1S/C11H22N2O2/c1-8(12)4-3-5-13-11(14)10-6-9(2)15-7-10/h8-10H,3-7,12H2,1-2H3,(H,13,14). The summed E-state index contributed by atoms with van der Waals surface area (Å²) in [5.74, 6) is 0.180. The minimum Gasteiger partial charge on any atom is -0.378 e. The molecule has 88 valence electrons. The second-order valence-corrected chi connectivity index (χ2v) is 4.49. The summed E-state index contributed by atoms with van der Waals surface area (Å²) in [6.07, 6.45) is 2.98. The van der Waals surface area contributed by atoms with Gasteiger partial charge in [-0.2, -0.15) is 0 Å². The number of carbonyl (C=O) groups excluding carboxylic acids is 1. The summed E-state index contributed by atoms with van der Waals surface area (Å²) in [4.78, 5) is 11.6. The molecule has 0 saturated carbocycles. The summed E-state index contributed by atoms with van der Waals surface area (Å²) in [5.41, 5.74) is 5.62. The van der Waals surface area contributed by atoms with Crippen molar-refractivity contribution in [2.75, 3.05) is 13.2 Å². The average Bonchev–Trinajstić information content (AvgIpc) is 2.59. The van der Waals surface area contributed by atoms with E-state index < -0.39 is 0 Å². The second kappa shape index (κ2) is 6.08. The Morgan fingerprint density at radius 3 is 2.93 bits per heavy atom.